The number of aryl methyl sites for hydroxylation is 1. The SMILES string of the molecule is Cc1ncccc1Oc1ncnc(N2CCC3(CC2)CN(C)C(=O)CO3)c1C. The van der Waals surface area contributed by atoms with Crippen LogP contribution in [0, 0.1) is 13.8 Å². The van der Waals surface area contributed by atoms with Crippen molar-refractivity contribution >= 4 is 11.7 Å². The van der Waals surface area contributed by atoms with Crippen LogP contribution in [0.2, 0.25) is 0 Å². The van der Waals surface area contributed by atoms with Gasteiger partial charge in [0.25, 0.3) is 0 Å². The zero-order chi connectivity index (χ0) is 19.7. The lowest BCUT2D eigenvalue weighted by atomic mass is 9.89. The third-order valence-electron chi connectivity index (χ3n) is 5.60. The van der Waals surface area contributed by atoms with Crippen LogP contribution in [0.5, 0.6) is 11.6 Å². The number of likely N-dealkylation sites (N-methyl/N-ethyl adjacent to an activating group) is 1. The molecule has 0 unspecified atom stereocenters. The van der Waals surface area contributed by atoms with Crippen LogP contribution in [0.4, 0.5) is 5.82 Å². The van der Waals surface area contributed by atoms with Crippen molar-refractivity contribution in [2.75, 3.05) is 38.2 Å². The molecule has 2 saturated heterocycles. The number of anilines is 1. The number of hydrogen-bond donors (Lipinski definition) is 0. The molecule has 4 heterocycles. The molecular weight excluding hydrogens is 358 g/mol. The monoisotopic (exact) mass is 383 g/mol. The molecule has 8 heteroatoms. The molecule has 2 aromatic rings. The van der Waals surface area contributed by atoms with E-state index >= 15 is 0 Å². The van der Waals surface area contributed by atoms with Gasteiger partial charge in [-0.05, 0) is 38.8 Å². The molecule has 0 atom stereocenters. The summed E-state index contributed by atoms with van der Waals surface area (Å²) < 4.78 is 11.9. The molecule has 1 amide bonds. The van der Waals surface area contributed by atoms with Gasteiger partial charge in [0, 0.05) is 32.9 Å². The minimum absolute atomic E-state index is 0.0483. The van der Waals surface area contributed by atoms with Crippen LogP contribution < -0.4 is 9.64 Å². The smallest absolute Gasteiger partial charge is 0.248 e. The predicted molar refractivity (Wildman–Crippen MR) is 104 cm³/mol. The fourth-order valence-corrected chi connectivity index (χ4v) is 3.85. The Hall–Kier alpha value is -2.74. The molecule has 0 radical (unpaired) electrons. The van der Waals surface area contributed by atoms with E-state index < -0.39 is 0 Å². The van der Waals surface area contributed by atoms with Crippen LogP contribution in [-0.4, -0.2) is 64.6 Å². The number of rotatable bonds is 3. The van der Waals surface area contributed by atoms with Gasteiger partial charge in [0.1, 0.15) is 18.8 Å². The standard InChI is InChI=1S/C20H25N5O3/c1-14-18(22-13-23-19(14)28-16-5-4-8-21-15(16)2)25-9-6-20(7-10-25)12-24(3)17(26)11-27-20/h4-5,8,13H,6-7,9-12H2,1-3H3. The first kappa shape index (κ1) is 18.6. The van der Waals surface area contributed by atoms with Gasteiger partial charge >= 0.3 is 0 Å². The highest BCUT2D eigenvalue weighted by Gasteiger charge is 2.41. The molecule has 0 N–H and O–H groups in total. The van der Waals surface area contributed by atoms with Crippen LogP contribution in [-0.2, 0) is 9.53 Å². The summed E-state index contributed by atoms with van der Waals surface area (Å²) in [4.78, 5) is 28.8. The second kappa shape index (κ2) is 7.35. The number of piperidine rings is 1. The Kier molecular flexibility index (Phi) is 4.89. The number of ether oxygens (including phenoxy) is 2. The maximum atomic E-state index is 11.7. The summed E-state index contributed by atoms with van der Waals surface area (Å²) >= 11 is 0. The average molecular weight is 383 g/mol. The van der Waals surface area contributed by atoms with E-state index in [1.165, 1.54) is 6.33 Å². The highest BCUT2D eigenvalue weighted by molar-refractivity contribution is 5.78. The first-order valence-electron chi connectivity index (χ1n) is 9.51. The van der Waals surface area contributed by atoms with E-state index in [4.69, 9.17) is 9.47 Å². The van der Waals surface area contributed by atoms with Crippen LogP contribution in [0.1, 0.15) is 24.1 Å². The number of pyridine rings is 1. The van der Waals surface area contributed by atoms with E-state index in [1.807, 2.05) is 33.0 Å². The van der Waals surface area contributed by atoms with Gasteiger partial charge < -0.3 is 19.3 Å². The third-order valence-corrected chi connectivity index (χ3v) is 5.60. The van der Waals surface area contributed by atoms with E-state index in [0.717, 1.165) is 43.0 Å². The number of carbonyl (C=O) groups excluding carboxylic acids is 1. The molecule has 28 heavy (non-hydrogen) atoms. The first-order chi connectivity index (χ1) is 13.5. The van der Waals surface area contributed by atoms with E-state index in [-0.39, 0.29) is 18.1 Å². The van der Waals surface area contributed by atoms with Crippen molar-refractivity contribution in [1.29, 1.82) is 0 Å². The normalized spacial score (nSPS) is 19.2. The molecule has 2 aromatic heterocycles. The van der Waals surface area contributed by atoms with Gasteiger partial charge in [-0.3, -0.25) is 9.78 Å². The molecule has 0 aromatic carbocycles. The zero-order valence-corrected chi connectivity index (χ0v) is 16.5. The summed E-state index contributed by atoms with van der Waals surface area (Å²) in [6.07, 6.45) is 4.98. The van der Waals surface area contributed by atoms with E-state index in [2.05, 4.69) is 19.9 Å². The molecular formula is C20H25N5O3. The molecule has 4 rings (SSSR count). The number of carbonyl (C=O) groups is 1. The van der Waals surface area contributed by atoms with E-state index in [1.54, 1.807) is 11.1 Å². The summed E-state index contributed by atoms with van der Waals surface area (Å²) in [5.41, 5.74) is 1.47. The van der Waals surface area contributed by atoms with Crippen LogP contribution in [0.3, 0.4) is 0 Å². The van der Waals surface area contributed by atoms with Gasteiger partial charge in [0.15, 0.2) is 5.75 Å². The van der Waals surface area contributed by atoms with Crippen molar-refractivity contribution in [3.8, 4) is 11.6 Å². The van der Waals surface area contributed by atoms with Crippen LogP contribution in [0.25, 0.3) is 0 Å². The Bertz CT molecular complexity index is 880. The van der Waals surface area contributed by atoms with Crippen molar-refractivity contribution in [2.24, 2.45) is 0 Å². The molecule has 0 saturated carbocycles. The fourth-order valence-electron chi connectivity index (χ4n) is 3.85. The summed E-state index contributed by atoms with van der Waals surface area (Å²) in [7, 11) is 1.84. The summed E-state index contributed by atoms with van der Waals surface area (Å²) in [5, 5.41) is 0. The number of amides is 1. The van der Waals surface area contributed by atoms with Crippen molar-refractivity contribution in [1.82, 2.24) is 19.9 Å². The minimum Gasteiger partial charge on any atom is -0.437 e. The molecule has 148 valence electrons. The van der Waals surface area contributed by atoms with E-state index in [0.29, 0.717) is 18.2 Å². The third kappa shape index (κ3) is 3.52. The van der Waals surface area contributed by atoms with Gasteiger partial charge in [-0.1, -0.05) is 0 Å². The number of nitrogens with zero attached hydrogens (tertiary/aromatic N) is 5. The Morgan fingerprint density at radius 2 is 1.96 bits per heavy atom. The molecule has 2 aliphatic rings. The van der Waals surface area contributed by atoms with Crippen molar-refractivity contribution in [2.45, 2.75) is 32.3 Å². The molecule has 8 nitrogen and oxygen atoms in total. The van der Waals surface area contributed by atoms with Crippen LogP contribution in [0.15, 0.2) is 24.7 Å². The second-order valence-corrected chi connectivity index (χ2v) is 7.52. The second-order valence-electron chi connectivity index (χ2n) is 7.52. The predicted octanol–water partition coefficient (Wildman–Crippen LogP) is 2.11. The highest BCUT2D eigenvalue weighted by atomic mass is 16.5. The highest BCUT2D eigenvalue weighted by Crippen LogP contribution is 2.34. The zero-order valence-electron chi connectivity index (χ0n) is 16.5. The van der Waals surface area contributed by atoms with Crippen molar-refractivity contribution in [3.05, 3.63) is 35.9 Å². The van der Waals surface area contributed by atoms with Crippen molar-refractivity contribution in [3.63, 3.8) is 0 Å². The lowest BCUT2D eigenvalue weighted by molar-refractivity contribution is -0.164. The van der Waals surface area contributed by atoms with Crippen molar-refractivity contribution < 1.29 is 14.3 Å². The number of morpholine rings is 1. The summed E-state index contributed by atoms with van der Waals surface area (Å²) in [6, 6.07) is 3.72. The molecule has 1 spiro atoms. The van der Waals surface area contributed by atoms with Gasteiger partial charge in [-0.2, -0.15) is 0 Å². The summed E-state index contributed by atoms with van der Waals surface area (Å²) in [5.74, 6) is 2.16. The Labute approximate surface area is 164 Å². The van der Waals surface area contributed by atoms with Gasteiger partial charge in [0.05, 0.1) is 16.9 Å². The van der Waals surface area contributed by atoms with Gasteiger partial charge in [-0.25, -0.2) is 9.97 Å². The minimum atomic E-state index is -0.244. The van der Waals surface area contributed by atoms with Crippen LogP contribution >= 0.6 is 0 Å². The van der Waals surface area contributed by atoms with E-state index in [9.17, 15) is 4.79 Å². The van der Waals surface area contributed by atoms with Gasteiger partial charge in [0.2, 0.25) is 11.8 Å². The fraction of sp³-hybridized carbons (Fsp3) is 0.500. The molecule has 0 aliphatic carbocycles. The molecule has 2 fully saturated rings. The Morgan fingerprint density at radius 3 is 2.68 bits per heavy atom. The lowest BCUT2D eigenvalue weighted by Crippen LogP contribution is -2.57. The maximum absolute atomic E-state index is 11.7. The Morgan fingerprint density at radius 1 is 1.18 bits per heavy atom. The van der Waals surface area contributed by atoms with Gasteiger partial charge in [-0.15, -0.1) is 0 Å². The Balaban J connectivity index is 1.49. The molecule has 2 aliphatic heterocycles. The lowest BCUT2D eigenvalue weighted by Gasteiger charge is -2.46. The maximum Gasteiger partial charge on any atom is 0.248 e. The average Bonchev–Trinajstić information content (AvgIpc) is 2.69. The first-order valence-corrected chi connectivity index (χ1v) is 9.51. The molecule has 0 bridgehead atoms. The summed E-state index contributed by atoms with van der Waals surface area (Å²) in [6.45, 7) is 6.33. The number of aromatic nitrogens is 3. The number of hydrogen-bond acceptors (Lipinski definition) is 7. The quantitative estimate of drug-likeness (QED) is 0.803. The topological polar surface area (TPSA) is 80.7 Å². The largest absolute Gasteiger partial charge is 0.437 e.